The molecule has 2 amide bonds. The Hall–Kier alpha value is -4.15. The fraction of sp³-hybridized carbons (Fsp3) is 0.355. The molecular formula is C31H37FN2O7. The summed E-state index contributed by atoms with van der Waals surface area (Å²) < 4.78 is 35.2. The van der Waals surface area contributed by atoms with E-state index in [4.69, 9.17) is 18.9 Å². The van der Waals surface area contributed by atoms with Gasteiger partial charge in [0.05, 0.1) is 20.3 Å². The number of aliphatic carboxylic acids is 1. The second-order valence-corrected chi connectivity index (χ2v) is 9.16. The van der Waals surface area contributed by atoms with Gasteiger partial charge in [0, 0.05) is 37.9 Å². The van der Waals surface area contributed by atoms with Crippen LogP contribution in [0.25, 0.3) is 0 Å². The Bertz CT molecular complexity index is 1220. The molecule has 0 heterocycles. The Morgan fingerprint density at radius 3 is 2.37 bits per heavy atom. The third-order valence-corrected chi connectivity index (χ3v) is 6.12. The van der Waals surface area contributed by atoms with E-state index in [1.807, 2.05) is 0 Å². The SMILES string of the molecule is CCOC(Cc1ccc(OCCN(CCCOCc2ccc(F)cc2)C(=O)Nc2cccc(OC)c2)cc1)C(=O)O. The van der Waals surface area contributed by atoms with Crippen molar-refractivity contribution in [3.63, 3.8) is 0 Å². The van der Waals surface area contributed by atoms with Gasteiger partial charge in [-0.1, -0.05) is 30.3 Å². The van der Waals surface area contributed by atoms with E-state index in [1.165, 1.54) is 12.1 Å². The molecule has 1 unspecified atom stereocenters. The predicted octanol–water partition coefficient (Wildman–Crippen LogP) is 5.39. The fourth-order valence-electron chi connectivity index (χ4n) is 3.97. The number of hydrogen-bond acceptors (Lipinski definition) is 6. The summed E-state index contributed by atoms with van der Waals surface area (Å²) in [5, 5.41) is 12.2. The molecule has 2 N–H and O–H groups in total. The molecule has 3 rings (SSSR count). The van der Waals surface area contributed by atoms with Crippen molar-refractivity contribution >= 4 is 17.7 Å². The first-order valence-corrected chi connectivity index (χ1v) is 13.5. The number of methoxy groups -OCH3 is 1. The highest BCUT2D eigenvalue weighted by molar-refractivity contribution is 5.89. The number of carbonyl (C=O) groups is 2. The minimum absolute atomic E-state index is 0.248. The zero-order chi connectivity index (χ0) is 29.5. The Morgan fingerprint density at radius 2 is 1.68 bits per heavy atom. The molecule has 3 aromatic rings. The number of halogens is 1. The molecule has 0 fully saturated rings. The van der Waals surface area contributed by atoms with Crippen LogP contribution >= 0.6 is 0 Å². The maximum atomic E-state index is 13.1. The van der Waals surface area contributed by atoms with E-state index in [2.05, 4.69) is 5.32 Å². The Labute approximate surface area is 239 Å². The number of urea groups is 1. The van der Waals surface area contributed by atoms with Crippen molar-refractivity contribution in [2.45, 2.75) is 32.5 Å². The molecule has 1 atom stereocenters. The number of nitrogens with zero attached hydrogens (tertiary/aromatic N) is 1. The van der Waals surface area contributed by atoms with Gasteiger partial charge in [-0.3, -0.25) is 0 Å². The number of benzene rings is 3. The van der Waals surface area contributed by atoms with Gasteiger partial charge >= 0.3 is 12.0 Å². The van der Waals surface area contributed by atoms with Gasteiger partial charge in [-0.25, -0.2) is 14.0 Å². The molecule has 0 bridgehead atoms. The number of carboxylic acid groups (broad SMARTS) is 1. The van der Waals surface area contributed by atoms with Crippen molar-refractivity contribution in [2.75, 3.05) is 45.3 Å². The van der Waals surface area contributed by atoms with E-state index in [-0.39, 0.29) is 24.9 Å². The van der Waals surface area contributed by atoms with Gasteiger partial charge < -0.3 is 34.3 Å². The highest BCUT2D eigenvalue weighted by Gasteiger charge is 2.18. The van der Waals surface area contributed by atoms with Crippen LogP contribution in [0.2, 0.25) is 0 Å². The third-order valence-electron chi connectivity index (χ3n) is 6.12. The number of nitrogens with one attached hydrogen (secondary N) is 1. The second kappa shape index (κ2) is 16.8. The molecule has 220 valence electrons. The zero-order valence-electron chi connectivity index (χ0n) is 23.4. The van der Waals surface area contributed by atoms with Crippen LogP contribution in [0.5, 0.6) is 11.5 Å². The van der Waals surface area contributed by atoms with Gasteiger partial charge in [0.1, 0.15) is 23.9 Å². The van der Waals surface area contributed by atoms with Crippen molar-refractivity contribution in [2.24, 2.45) is 0 Å². The number of amides is 2. The van der Waals surface area contributed by atoms with Gasteiger partial charge in [-0.15, -0.1) is 0 Å². The third kappa shape index (κ3) is 11.1. The summed E-state index contributed by atoms with van der Waals surface area (Å²) in [5.41, 5.74) is 2.29. The molecule has 0 aliphatic rings. The number of carboxylic acids is 1. The smallest absolute Gasteiger partial charge is 0.333 e. The lowest BCUT2D eigenvalue weighted by atomic mass is 10.1. The van der Waals surface area contributed by atoms with Crippen LogP contribution < -0.4 is 14.8 Å². The van der Waals surface area contributed by atoms with E-state index in [1.54, 1.807) is 79.6 Å². The summed E-state index contributed by atoms with van der Waals surface area (Å²) in [4.78, 5) is 26.1. The van der Waals surface area contributed by atoms with Crippen LogP contribution in [0.3, 0.4) is 0 Å². The Morgan fingerprint density at radius 1 is 0.951 bits per heavy atom. The molecule has 0 aliphatic carbocycles. The highest BCUT2D eigenvalue weighted by Crippen LogP contribution is 2.18. The molecule has 9 nitrogen and oxygen atoms in total. The number of carbonyl (C=O) groups excluding carboxylic acids is 1. The maximum absolute atomic E-state index is 13.1. The summed E-state index contributed by atoms with van der Waals surface area (Å²) in [6.45, 7) is 3.85. The first-order chi connectivity index (χ1) is 19.9. The number of rotatable bonds is 17. The molecule has 0 aromatic heterocycles. The molecule has 41 heavy (non-hydrogen) atoms. The Balaban J connectivity index is 1.53. The van der Waals surface area contributed by atoms with Crippen LogP contribution in [0.15, 0.2) is 72.8 Å². The largest absolute Gasteiger partial charge is 0.497 e. The highest BCUT2D eigenvalue weighted by atomic mass is 19.1. The maximum Gasteiger partial charge on any atom is 0.333 e. The van der Waals surface area contributed by atoms with Crippen molar-refractivity contribution in [3.05, 3.63) is 89.7 Å². The number of ether oxygens (including phenoxy) is 4. The first kappa shape index (κ1) is 31.4. The summed E-state index contributed by atoms with van der Waals surface area (Å²) in [6.07, 6.45) is -0.0558. The minimum atomic E-state index is -1.000. The van der Waals surface area contributed by atoms with Crippen molar-refractivity contribution in [3.8, 4) is 11.5 Å². The molecule has 10 heteroatoms. The lowest BCUT2D eigenvalue weighted by molar-refractivity contribution is -0.149. The van der Waals surface area contributed by atoms with Gasteiger partial charge in [0.15, 0.2) is 6.10 Å². The van der Waals surface area contributed by atoms with Crippen LogP contribution in [0.1, 0.15) is 24.5 Å². The molecule has 0 saturated heterocycles. The predicted molar refractivity (Wildman–Crippen MR) is 153 cm³/mol. The summed E-state index contributed by atoms with van der Waals surface area (Å²) in [7, 11) is 1.56. The lowest BCUT2D eigenvalue weighted by Gasteiger charge is -2.23. The molecule has 0 radical (unpaired) electrons. The van der Waals surface area contributed by atoms with E-state index >= 15 is 0 Å². The summed E-state index contributed by atoms with van der Waals surface area (Å²) in [5.74, 6) is -0.0579. The minimum Gasteiger partial charge on any atom is -0.497 e. The molecule has 0 spiro atoms. The number of anilines is 1. The van der Waals surface area contributed by atoms with Gasteiger partial charge in [0.2, 0.25) is 0 Å². The quantitative estimate of drug-likeness (QED) is 0.211. The normalized spacial score (nSPS) is 11.5. The van der Waals surface area contributed by atoms with Crippen molar-refractivity contribution < 1.29 is 38.0 Å². The molecular weight excluding hydrogens is 531 g/mol. The van der Waals surface area contributed by atoms with Crippen LogP contribution in [0, 0.1) is 5.82 Å². The standard InChI is InChI=1S/C31H37FN2O7/c1-3-40-29(30(35)36)20-23-10-14-27(15-11-23)41-19-17-34(31(37)33-26-6-4-7-28(21-26)38-2)16-5-18-39-22-24-8-12-25(32)13-9-24/h4,6-15,21,29H,3,5,16-20,22H2,1-2H3,(H,33,37)(H,35,36). The lowest BCUT2D eigenvalue weighted by Crippen LogP contribution is -2.39. The molecule has 0 saturated carbocycles. The van der Waals surface area contributed by atoms with Crippen LogP contribution in [-0.4, -0.2) is 68.1 Å². The first-order valence-electron chi connectivity index (χ1n) is 13.5. The second-order valence-electron chi connectivity index (χ2n) is 9.16. The van der Waals surface area contributed by atoms with E-state index in [0.29, 0.717) is 56.5 Å². The monoisotopic (exact) mass is 568 g/mol. The average molecular weight is 569 g/mol. The molecule has 3 aromatic carbocycles. The van der Waals surface area contributed by atoms with Gasteiger partial charge in [0.25, 0.3) is 0 Å². The number of hydrogen-bond donors (Lipinski definition) is 2. The summed E-state index contributed by atoms with van der Waals surface area (Å²) >= 11 is 0. The summed E-state index contributed by atoms with van der Waals surface area (Å²) in [6, 6.07) is 20.1. The van der Waals surface area contributed by atoms with E-state index < -0.39 is 12.1 Å². The van der Waals surface area contributed by atoms with E-state index in [9.17, 15) is 19.1 Å². The van der Waals surface area contributed by atoms with Crippen molar-refractivity contribution in [1.82, 2.24) is 4.90 Å². The van der Waals surface area contributed by atoms with Crippen LogP contribution in [-0.2, 0) is 27.3 Å². The zero-order valence-corrected chi connectivity index (χ0v) is 23.4. The van der Waals surface area contributed by atoms with Crippen LogP contribution in [0.4, 0.5) is 14.9 Å². The fourth-order valence-corrected chi connectivity index (χ4v) is 3.97. The average Bonchev–Trinajstić information content (AvgIpc) is 2.97. The van der Waals surface area contributed by atoms with Gasteiger partial charge in [-0.05, 0) is 60.9 Å². The van der Waals surface area contributed by atoms with E-state index in [0.717, 1.165) is 11.1 Å². The topological polar surface area (TPSA) is 107 Å². The van der Waals surface area contributed by atoms with Crippen molar-refractivity contribution in [1.29, 1.82) is 0 Å². The molecule has 0 aliphatic heterocycles. The van der Waals surface area contributed by atoms with Gasteiger partial charge in [-0.2, -0.15) is 0 Å². The Kier molecular flexibility index (Phi) is 12.9.